The van der Waals surface area contributed by atoms with Crippen LogP contribution in [0.25, 0.3) is 88.0 Å². The molecule has 0 atom stereocenters. The third kappa shape index (κ3) is 5.79. The molecule has 61 heavy (non-hydrogen) atoms. The molecule has 2 nitrogen and oxygen atoms in total. The van der Waals surface area contributed by atoms with Gasteiger partial charge in [-0.05, 0) is 138 Å². The molecule has 0 saturated heterocycles. The third-order valence-electron chi connectivity index (χ3n) is 13.1. The van der Waals surface area contributed by atoms with Crippen LogP contribution in [0.5, 0.6) is 0 Å². The first kappa shape index (κ1) is 35.3. The molecular formula is C59H41NO. The lowest BCUT2D eigenvalue weighted by molar-refractivity contribution is 0.660. The minimum absolute atomic E-state index is 0.109. The summed E-state index contributed by atoms with van der Waals surface area (Å²) in [6.45, 7) is 4.71. The molecule has 0 N–H and O–H groups in total. The topological polar surface area (TPSA) is 16.4 Å². The fraction of sp³-hybridized carbons (Fsp3) is 0.0508. The zero-order valence-electron chi connectivity index (χ0n) is 34.1. The van der Waals surface area contributed by atoms with Gasteiger partial charge in [-0.15, -0.1) is 0 Å². The van der Waals surface area contributed by atoms with Crippen LogP contribution in [0.15, 0.2) is 217 Å². The van der Waals surface area contributed by atoms with Crippen LogP contribution in [0, 0.1) is 0 Å². The third-order valence-corrected chi connectivity index (χ3v) is 13.1. The van der Waals surface area contributed by atoms with Gasteiger partial charge in [0.25, 0.3) is 0 Å². The van der Waals surface area contributed by atoms with E-state index in [4.69, 9.17) is 4.42 Å². The SMILES string of the molecule is CC1(C)c2ccccc2-c2ccc(N(c3ccc(-c4ccc(-c5ccccc5)cc4)cc3)c3ccc4c(ccc5cc(-c6ccc7oc8ccccc8c7c6)ccc54)c3)cc21. The first-order valence-corrected chi connectivity index (χ1v) is 21.2. The molecule has 288 valence electrons. The zero-order valence-corrected chi connectivity index (χ0v) is 34.1. The fourth-order valence-electron chi connectivity index (χ4n) is 9.85. The predicted octanol–water partition coefficient (Wildman–Crippen LogP) is 16.7. The summed E-state index contributed by atoms with van der Waals surface area (Å²) in [5, 5.41) is 7.21. The summed E-state index contributed by atoms with van der Waals surface area (Å²) >= 11 is 0. The van der Waals surface area contributed by atoms with Crippen molar-refractivity contribution in [3.63, 3.8) is 0 Å². The van der Waals surface area contributed by atoms with Crippen LogP contribution in [0.3, 0.4) is 0 Å². The van der Waals surface area contributed by atoms with E-state index in [9.17, 15) is 0 Å². The maximum absolute atomic E-state index is 6.12. The van der Waals surface area contributed by atoms with E-state index in [0.717, 1.165) is 39.0 Å². The second kappa shape index (κ2) is 13.7. The van der Waals surface area contributed by atoms with Crippen molar-refractivity contribution >= 4 is 60.5 Å². The van der Waals surface area contributed by atoms with Crippen molar-refractivity contribution in [2.45, 2.75) is 19.3 Å². The molecule has 1 aliphatic rings. The Bertz CT molecular complexity index is 3480. The molecule has 0 aliphatic heterocycles. The van der Waals surface area contributed by atoms with Crippen molar-refractivity contribution in [2.75, 3.05) is 4.90 Å². The van der Waals surface area contributed by atoms with Crippen LogP contribution in [-0.4, -0.2) is 0 Å². The summed E-state index contributed by atoms with van der Waals surface area (Å²) in [5.74, 6) is 0. The molecule has 0 saturated carbocycles. The largest absolute Gasteiger partial charge is 0.456 e. The van der Waals surface area contributed by atoms with Crippen LogP contribution in [0.4, 0.5) is 17.1 Å². The van der Waals surface area contributed by atoms with E-state index in [0.29, 0.717) is 0 Å². The summed E-state index contributed by atoms with van der Waals surface area (Å²) < 4.78 is 6.12. The summed E-state index contributed by atoms with van der Waals surface area (Å²) in [6.07, 6.45) is 0. The quantitative estimate of drug-likeness (QED) is 0.156. The molecule has 12 rings (SSSR count). The van der Waals surface area contributed by atoms with Crippen LogP contribution in [0.2, 0.25) is 0 Å². The van der Waals surface area contributed by atoms with E-state index in [1.807, 2.05) is 12.1 Å². The highest BCUT2D eigenvalue weighted by molar-refractivity contribution is 6.10. The minimum atomic E-state index is -0.109. The van der Waals surface area contributed by atoms with Gasteiger partial charge >= 0.3 is 0 Å². The Kier molecular flexibility index (Phi) is 7.92. The molecule has 0 fully saturated rings. The summed E-state index contributed by atoms with van der Waals surface area (Å²) in [7, 11) is 0. The molecule has 1 aliphatic carbocycles. The van der Waals surface area contributed by atoms with Crippen molar-refractivity contribution < 1.29 is 4.42 Å². The van der Waals surface area contributed by atoms with Gasteiger partial charge in [0.15, 0.2) is 0 Å². The maximum atomic E-state index is 6.12. The van der Waals surface area contributed by atoms with Gasteiger partial charge in [-0.25, -0.2) is 0 Å². The van der Waals surface area contributed by atoms with E-state index in [1.54, 1.807) is 0 Å². The standard InChI is InChI=1S/C59H41NO/c1-59(2)55-14-8-6-12-51(55)52-32-29-48(37-56(52)59)60(46-26-22-41(23-27-46)40-18-16-39(17-19-40)38-10-4-3-5-11-38)47-28-31-50-45(35-47)21-20-44-34-42(24-30-49(44)50)43-25-33-58-54(36-43)53-13-7-9-15-57(53)61-58/h3-37H,1-2H3. The number of benzene rings is 10. The number of rotatable bonds is 6. The van der Waals surface area contributed by atoms with Gasteiger partial charge in [0, 0.05) is 33.2 Å². The smallest absolute Gasteiger partial charge is 0.135 e. The van der Waals surface area contributed by atoms with E-state index >= 15 is 0 Å². The number of para-hydroxylation sites is 1. The highest BCUT2D eigenvalue weighted by atomic mass is 16.3. The van der Waals surface area contributed by atoms with Gasteiger partial charge in [0.05, 0.1) is 0 Å². The molecule has 0 spiro atoms. The average Bonchev–Trinajstić information content (AvgIpc) is 3.80. The van der Waals surface area contributed by atoms with E-state index < -0.39 is 0 Å². The zero-order chi connectivity index (χ0) is 40.7. The van der Waals surface area contributed by atoms with Gasteiger partial charge in [-0.3, -0.25) is 0 Å². The Morgan fingerprint density at radius 3 is 1.64 bits per heavy atom. The van der Waals surface area contributed by atoms with Gasteiger partial charge in [0.1, 0.15) is 11.2 Å². The number of furan rings is 1. The molecule has 0 bridgehead atoms. The minimum Gasteiger partial charge on any atom is -0.456 e. The highest BCUT2D eigenvalue weighted by Crippen LogP contribution is 2.51. The number of hydrogen-bond donors (Lipinski definition) is 0. The summed E-state index contributed by atoms with van der Waals surface area (Å²) in [4.78, 5) is 2.42. The predicted molar refractivity (Wildman–Crippen MR) is 257 cm³/mol. The van der Waals surface area contributed by atoms with Crippen LogP contribution >= 0.6 is 0 Å². The van der Waals surface area contributed by atoms with Crippen LogP contribution in [0.1, 0.15) is 25.0 Å². The molecule has 0 amide bonds. The Morgan fingerprint density at radius 1 is 0.328 bits per heavy atom. The lowest BCUT2D eigenvalue weighted by Crippen LogP contribution is -2.16. The van der Waals surface area contributed by atoms with Gasteiger partial charge in [-0.1, -0.05) is 166 Å². The molecule has 11 aromatic rings. The molecular weight excluding hydrogens is 739 g/mol. The Labute approximate surface area is 355 Å². The second-order valence-electron chi connectivity index (χ2n) is 16.9. The Hall–Kier alpha value is -7.68. The van der Waals surface area contributed by atoms with E-state index in [2.05, 4.69) is 219 Å². The molecule has 0 radical (unpaired) electrons. The Morgan fingerprint density at radius 2 is 0.852 bits per heavy atom. The lowest BCUT2D eigenvalue weighted by atomic mass is 9.82. The molecule has 2 heteroatoms. The van der Waals surface area contributed by atoms with Gasteiger partial charge < -0.3 is 9.32 Å². The number of hydrogen-bond acceptors (Lipinski definition) is 2. The average molecular weight is 780 g/mol. The van der Waals surface area contributed by atoms with Gasteiger partial charge in [0.2, 0.25) is 0 Å². The monoisotopic (exact) mass is 779 g/mol. The number of fused-ring (bicyclic) bond motifs is 9. The van der Waals surface area contributed by atoms with Crippen molar-refractivity contribution in [3.05, 3.63) is 223 Å². The Balaban J connectivity index is 0.936. The summed E-state index contributed by atoms with van der Waals surface area (Å²) in [5.41, 5.74) is 17.7. The fourth-order valence-corrected chi connectivity index (χ4v) is 9.85. The van der Waals surface area contributed by atoms with Crippen molar-refractivity contribution in [1.82, 2.24) is 0 Å². The first-order chi connectivity index (χ1) is 30.0. The lowest BCUT2D eigenvalue weighted by Gasteiger charge is -2.28. The number of nitrogens with zero attached hydrogens (tertiary/aromatic N) is 1. The van der Waals surface area contributed by atoms with Crippen molar-refractivity contribution in [2.24, 2.45) is 0 Å². The normalized spacial score (nSPS) is 12.9. The number of anilines is 3. The van der Waals surface area contributed by atoms with E-state index in [-0.39, 0.29) is 5.41 Å². The maximum Gasteiger partial charge on any atom is 0.135 e. The highest BCUT2D eigenvalue weighted by Gasteiger charge is 2.35. The molecule has 1 heterocycles. The van der Waals surface area contributed by atoms with Crippen molar-refractivity contribution in [1.29, 1.82) is 0 Å². The van der Waals surface area contributed by atoms with Crippen LogP contribution < -0.4 is 4.90 Å². The van der Waals surface area contributed by atoms with Gasteiger partial charge in [-0.2, -0.15) is 0 Å². The second-order valence-corrected chi connectivity index (χ2v) is 16.9. The molecule has 10 aromatic carbocycles. The summed E-state index contributed by atoms with van der Waals surface area (Å²) in [6, 6.07) is 77.6. The molecule has 1 aromatic heterocycles. The molecule has 0 unspecified atom stereocenters. The van der Waals surface area contributed by atoms with Crippen LogP contribution in [-0.2, 0) is 5.41 Å². The first-order valence-electron chi connectivity index (χ1n) is 21.2. The van der Waals surface area contributed by atoms with Crippen molar-refractivity contribution in [3.8, 4) is 44.5 Å². The van der Waals surface area contributed by atoms with E-state index in [1.165, 1.54) is 77.2 Å².